The molecule has 0 unspecified atom stereocenters. The molecule has 0 bridgehead atoms. The number of nitro benzene ring substituents is 1. The molecule has 5 nitrogen and oxygen atoms in total. The molecule has 5 aliphatic rings. The van der Waals surface area contributed by atoms with Gasteiger partial charge in [-0.05, 0) is 198 Å². The van der Waals surface area contributed by atoms with Gasteiger partial charge in [-0.25, -0.2) is 0 Å². The molecular weight excluding hydrogens is 935 g/mol. The van der Waals surface area contributed by atoms with Crippen LogP contribution in [0.1, 0.15) is 55.6 Å². The summed E-state index contributed by atoms with van der Waals surface area (Å²) in [4.78, 5) is 14.8. The number of anilines is 1. The van der Waals surface area contributed by atoms with Gasteiger partial charge in [0.05, 0.1) is 4.92 Å². The molecule has 0 radical (unpaired) electrons. The molecule has 11 aromatic rings. The summed E-state index contributed by atoms with van der Waals surface area (Å²) in [5.41, 5.74) is 23.8. The van der Waals surface area contributed by atoms with Crippen LogP contribution in [0, 0.1) is 10.1 Å². The Labute approximate surface area is 422 Å². The van der Waals surface area contributed by atoms with Crippen LogP contribution in [-0.2, 0) is 64.2 Å². The Kier molecular flexibility index (Phi) is 11.9. The van der Waals surface area contributed by atoms with Crippen LogP contribution in [0.5, 0.6) is 0 Å². The first-order valence-corrected chi connectivity index (χ1v) is 25.8. The third-order valence-corrected chi connectivity index (χ3v) is 16.1. The summed E-state index contributed by atoms with van der Waals surface area (Å²) in [6.07, 6.45) is 15.0. The lowest BCUT2D eigenvalue weighted by Gasteiger charge is -2.08. The van der Waals surface area contributed by atoms with Crippen molar-refractivity contribution < 1.29 is 4.92 Å². The van der Waals surface area contributed by atoms with Gasteiger partial charge in [0, 0.05) is 39.7 Å². The van der Waals surface area contributed by atoms with Crippen LogP contribution in [0.2, 0.25) is 0 Å². The molecule has 0 saturated heterocycles. The van der Waals surface area contributed by atoms with Crippen LogP contribution in [0.3, 0.4) is 0 Å². The molecule has 6 heteroatoms. The summed E-state index contributed by atoms with van der Waals surface area (Å²) in [5, 5.41) is 24.4. The molecule has 0 aliphatic heterocycles. The Hall–Kier alpha value is -7.67. The predicted molar refractivity (Wildman–Crippen MR) is 299 cm³/mol. The molecule has 0 amide bonds. The van der Waals surface area contributed by atoms with Gasteiger partial charge in [-0.15, -0.1) is 0 Å². The van der Waals surface area contributed by atoms with E-state index in [0.717, 1.165) is 54.1 Å². The second kappa shape index (κ2) is 18.9. The fourth-order valence-electron chi connectivity index (χ4n) is 12.2. The lowest BCUT2D eigenvalue weighted by atomic mass is 9.96. The number of aryl methyl sites for hydroxylation is 10. The summed E-state index contributed by atoms with van der Waals surface area (Å²) in [7, 11) is 0. The van der Waals surface area contributed by atoms with Crippen molar-refractivity contribution in [3.63, 3.8) is 0 Å². The number of nitro groups is 1. The highest BCUT2D eigenvalue weighted by molar-refractivity contribution is 9.10. The summed E-state index contributed by atoms with van der Waals surface area (Å²) in [5.74, 6) is 0. The molecule has 0 spiro atoms. The maximum atomic E-state index is 10.9. The number of rotatable bonds is 2. The van der Waals surface area contributed by atoms with Gasteiger partial charge in [0.1, 0.15) is 0 Å². The van der Waals surface area contributed by atoms with Crippen molar-refractivity contribution in [2.24, 2.45) is 0 Å². The van der Waals surface area contributed by atoms with E-state index in [0.29, 0.717) is 0 Å². The number of halogens is 1. The molecule has 16 rings (SSSR count). The fourth-order valence-corrected chi connectivity index (χ4v) is 12.7. The van der Waals surface area contributed by atoms with Crippen LogP contribution in [0.25, 0.3) is 65.0 Å². The van der Waals surface area contributed by atoms with Crippen molar-refractivity contribution in [1.82, 2.24) is 4.98 Å². The van der Waals surface area contributed by atoms with Gasteiger partial charge in [-0.2, -0.15) is 0 Å². The van der Waals surface area contributed by atoms with Crippen molar-refractivity contribution in [2.75, 3.05) is 5.73 Å². The SMILES string of the molecule is Brc1ccc2cccc3c2c1CC3.Nc1ccc2cccc3c2c1CC3.O=[N+]([O-])c1ccc2cccc3c2c1CC3.c1cc2c3c(cccc3c1)CC2.c1cncc(-c2ccc3cccc4c3c2CC4)c1. The Morgan fingerprint density at radius 2 is 0.817 bits per heavy atom. The normalized spacial score (nSPS) is 13.6. The maximum Gasteiger partial charge on any atom is 0.273 e. The number of hydrogen-bond donors (Lipinski definition) is 1. The lowest BCUT2D eigenvalue weighted by Crippen LogP contribution is -1.93. The third kappa shape index (κ3) is 8.30. The zero-order valence-corrected chi connectivity index (χ0v) is 41.1. The van der Waals surface area contributed by atoms with Gasteiger partial charge in [0.25, 0.3) is 5.69 Å². The quantitative estimate of drug-likeness (QED) is 0.106. The van der Waals surface area contributed by atoms with Gasteiger partial charge in [0.15, 0.2) is 0 Å². The van der Waals surface area contributed by atoms with Crippen molar-refractivity contribution in [2.45, 2.75) is 64.2 Å². The number of pyridine rings is 1. The van der Waals surface area contributed by atoms with E-state index in [1.165, 1.54) is 141 Å². The second-order valence-corrected chi connectivity index (χ2v) is 20.2. The molecule has 1 aromatic heterocycles. The van der Waals surface area contributed by atoms with Crippen molar-refractivity contribution >= 4 is 81.2 Å². The van der Waals surface area contributed by atoms with Crippen molar-refractivity contribution in [1.29, 1.82) is 0 Å². The molecule has 0 saturated carbocycles. The molecular formula is C65H52BrN3O2. The van der Waals surface area contributed by atoms with Crippen LogP contribution < -0.4 is 5.73 Å². The number of nitrogens with two attached hydrogens (primary N) is 1. The van der Waals surface area contributed by atoms with Gasteiger partial charge in [-0.1, -0.05) is 155 Å². The Balaban J connectivity index is 0.0000000917. The zero-order valence-electron chi connectivity index (χ0n) is 39.6. The minimum absolute atomic E-state index is 0.271. The molecule has 346 valence electrons. The Bertz CT molecular complexity index is 3770. The first-order valence-electron chi connectivity index (χ1n) is 25.0. The standard InChI is InChI=1S/C17H13N.C12H9Br.C12H9NO2.C12H11N.C12H10/c1-3-12-6-8-15(14-5-2-10-18-11-14)16-9-7-13(4-1)17(12)16;13-11-7-5-9-3-1-2-8-4-6-10(11)12(8)9;14-13(15)11-7-5-9-3-1-2-8-4-6-10(11)12(8)9;13-11-7-5-9-3-1-2-8-4-6-10(11)12(8)9;1-3-9-4-2-6-11-8-7-10(5-1)12(9)11/h1-6,8,10-11H,7,9H2;1-3,5,7H,4,6H2;1-3,5,7H,4,6H2;1-3,5,7H,4,6,13H2;1-6H,7-8H2. The smallest absolute Gasteiger partial charge is 0.273 e. The highest BCUT2D eigenvalue weighted by Gasteiger charge is 2.23. The predicted octanol–water partition coefficient (Wildman–Crippen LogP) is 16.0. The van der Waals surface area contributed by atoms with Crippen LogP contribution in [0.15, 0.2) is 187 Å². The molecule has 0 fully saturated rings. The highest BCUT2D eigenvalue weighted by atomic mass is 79.9. The van der Waals surface area contributed by atoms with Gasteiger partial charge in [-0.3, -0.25) is 15.1 Å². The molecule has 5 aliphatic carbocycles. The molecule has 1 heterocycles. The minimum atomic E-state index is -0.281. The van der Waals surface area contributed by atoms with Crippen LogP contribution in [-0.4, -0.2) is 9.91 Å². The second-order valence-electron chi connectivity index (χ2n) is 19.3. The fraction of sp³-hybridized carbons (Fsp3) is 0.154. The van der Waals surface area contributed by atoms with Gasteiger partial charge in [0.2, 0.25) is 0 Å². The largest absolute Gasteiger partial charge is 0.398 e. The minimum Gasteiger partial charge on any atom is -0.398 e. The Morgan fingerprint density at radius 1 is 0.408 bits per heavy atom. The highest BCUT2D eigenvalue weighted by Crippen LogP contribution is 2.40. The van der Waals surface area contributed by atoms with E-state index < -0.39 is 0 Å². The average Bonchev–Trinajstić information content (AvgIpc) is 4.29. The van der Waals surface area contributed by atoms with Gasteiger partial charge >= 0.3 is 0 Å². The average molecular weight is 987 g/mol. The summed E-state index contributed by atoms with van der Waals surface area (Å²) >= 11 is 3.61. The van der Waals surface area contributed by atoms with Crippen LogP contribution >= 0.6 is 15.9 Å². The van der Waals surface area contributed by atoms with E-state index in [1.54, 1.807) is 6.07 Å². The number of nitrogen functional groups attached to an aromatic ring is 1. The zero-order chi connectivity index (χ0) is 48.0. The van der Waals surface area contributed by atoms with E-state index in [1.807, 2.05) is 42.7 Å². The maximum absolute atomic E-state index is 10.9. The summed E-state index contributed by atoms with van der Waals surface area (Å²) in [6.45, 7) is 0. The number of aromatic nitrogens is 1. The number of benzene rings is 10. The van der Waals surface area contributed by atoms with Crippen molar-refractivity contribution in [3.05, 3.63) is 252 Å². The van der Waals surface area contributed by atoms with Crippen molar-refractivity contribution in [3.8, 4) is 11.1 Å². The summed E-state index contributed by atoms with van der Waals surface area (Å²) < 4.78 is 1.27. The van der Waals surface area contributed by atoms with Crippen LogP contribution in [0.4, 0.5) is 11.4 Å². The lowest BCUT2D eigenvalue weighted by molar-refractivity contribution is -0.385. The van der Waals surface area contributed by atoms with E-state index in [9.17, 15) is 10.1 Å². The summed E-state index contributed by atoms with van der Waals surface area (Å²) in [6, 6.07) is 59.6. The number of hydrogen-bond acceptors (Lipinski definition) is 4. The number of nitrogens with zero attached hydrogens (tertiary/aromatic N) is 2. The molecule has 0 atom stereocenters. The van der Waals surface area contributed by atoms with Gasteiger partial charge < -0.3 is 5.73 Å². The molecule has 71 heavy (non-hydrogen) atoms. The third-order valence-electron chi connectivity index (χ3n) is 15.4. The van der Waals surface area contributed by atoms with E-state index in [2.05, 4.69) is 154 Å². The van der Waals surface area contributed by atoms with E-state index >= 15 is 0 Å². The first-order chi connectivity index (χ1) is 34.9. The van der Waals surface area contributed by atoms with E-state index in [4.69, 9.17) is 5.73 Å². The molecule has 2 N–H and O–H groups in total. The van der Waals surface area contributed by atoms with E-state index in [-0.39, 0.29) is 10.6 Å². The topological polar surface area (TPSA) is 82.0 Å². The monoisotopic (exact) mass is 985 g/mol. The molecule has 10 aromatic carbocycles. The Morgan fingerprint density at radius 3 is 1.35 bits per heavy atom. The first kappa shape index (κ1) is 44.5.